The van der Waals surface area contributed by atoms with Crippen LogP contribution < -0.4 is 5.32 Å². The zero-order chi connectivity index (χ0) is 19.7. The lowest BCUT2D eigenvalue weighted by molar-refractivity contribution is 0.102. The molecule has 0 unspecified atom stereocenters. The molecule has 2 aromatic heterocycles. The summed E-state index contributed by atoms with van der Waals surface area (Å²) in [6.45, 7) is -0.0362. The van der Waals surface area contributed by atoms with E-state index in [0.29, 0.717) is 10.7 Å². The number of aromatic nitrogens is 2. The minimum Gasteiger partial charge on any atom is -0.392 e. The van der Waals surface area contributed by atoms with Crippen molar-refractivity contribution >= 4 is 28.8 Å². The molecule has 4 rings (SSSR count). The molecule has 0 radical (unpaired) electrons. The molecule has 0 aliphatic carbocycles. The Labute approximate surface area is 165 Å². The highest BCUT2D eigenvalue weighted by Crippen LogP contribution is 2.23. The molecule has 2 N–H and O–H groups in total. The fraction of sp³-hybridized carbons (Fsp3) is 0.0476. The number of halogens is 2. The molecule has 0 fully saturated rings. The summed E-state index contributed by atoms with van der Waals surface area (Å²) in [5, 5.41) is 12.1. The molecule has 28 heavy (non-hydrogen) atoms. The molecule has 0 spiro atoms. The van der Waals surface area contributed by atoms with Crippen molar-refractivity contribution in [3.63, 3.8) is 0 Å². The number of rotatable bonds is 4. The summed E-state index contributed by atoms with van der Waals surface area (Å²) in [7, 11) is 0. The Morgan fingerprint density at radius 1 is 1.11 bits per heavy atom. The minimum absolute atomic E-state index is 0.00364. The molecule has 7 heteroatoms. The summed E-state index contributed by atoms with van der Waals surface area (Å²) in [4.78, 5) is 16.7. The van der Waals surface area contributed by atoms with Crippen LogP contribution in [0.3, 0.4) is 0 Å². The highest BCUT2D eigenvalue weighted by atomic mass is 35.5. The Hall–Kier alpha value is -3.22. The van der Waals surface area contributed by atoms with E-state index in [1.807, 2.05) is 36.5 Å². The maximum atomic E-state index is 13.8. The first-order chi connectivity index (χ1) is 13.5. The highest BCUT2D eigenvalue weighted by molar-refractivity contribution is 6.31. The van der Waals surface area contributed by atoms with Crippen LogP contribution in [0.25, 0.3) is 16.8 Å². The zero-order valence-electron chi connectivity index (χ0n) is 14.6. The standard InChI is InChI=1S/C21H15ClFN3O2/c22-16-5-6-17(23)18(9-16)25-21(28)19-11-26-10-15(4-7-20(26)24-19)14-3-1-2-13(8-14)12-27/h1-11,27H,12H2,(H,25,28). The van der Waals surface area contributed by atoms with Gasteiger partial charge in [0, 0.05) is 17.4 Å². The van der Waals surface area contributed by atoms with E-state index in [9.17, 15) is 14.3 Å². The molecule has 2 heterocycles. The average molecular weight is 396 g/mol. The first-order valence-electron chi connectivity index (χ1n) is 8.49. The predicted molar refractivity (Wildman–Crippen MR) is 106 cm³/mol. The number of carbonyl (C=O) groups is 1. The second-order valence-electron chi connectivity index (χ2n) is 6.25. The van der Waals surface area contributed by atoms with Crippen LogP contribution in [0.2, 0.25) is 5.02 Å². The second kappa shape index (κ2) is 7.42. The van der Waals surface area contributed by atoms with E-state index in [1.165, 1.54) is 18.2 Å². The number of nitrogens with one attached hydrogen (secondary N) is 1. The van der Waals surface area contributed by atoms with Gasteiger partial charge in [0.2, 0.25) is 0 Å². The number of aliphatic hydroxyl groups is 1. The first-order valence-corrected chi connectivity index (χ1v) is 8.86. The van der Waals surface area contributed by atoms with Crippen molar-refractivity contribution in [2.24, 2.45) is 0 Å². The fourth-order valence-corrected chi connectivity index (χ4v) is 3.07. The quantitative estimate of drug-likeness (QED) is 0.533. The molecule has 0 aliphatic heterocycles. The number of anilines is 1. The molecule has 140 valence electrons. The highest BCUT2D eigenvalue weighted by Gasteiger charge is 2.14. The summed E-state index contributed by atoms with van der Waals surface area (Å²) >= 11 is 5.85. The van der Waals surface area contributed by atoms with Gasteiger partial charge in [-0.1, -0.05) is 29.8 Å². The van der Waals surface area contributed by atoms with Gasteiger partial charge in [0.05, 0.1) is 12.3 Å². The van der Waals surface area contributed by atoms with Gasteiger partial charge in [-0.25, -0.2) is 9.37 Å². The number of amides is 1. The Bertz CT molecular complexity index is 1190. The molecular formula is C21H15ClFN3O2. The van der Waals surface area contributed by atoms with Crippen molar-refractivity contribution in [3.05, 3.63) is 89.1 Å². The number of carbonyl (C=O) groups excluding carboxylic acids is 1. The van der Waals surface area contributed by atoms with Gasteiger partial charge in [-0.3, -0.25) is 4.79 Å². The molecule has 1 amide bonds. The van der Waals surface area contributed by atoms with Crippen LogP contribution in [0.4, 0.5) is 10.1 Å². The van der Waals surface area contributed by atoms with Crippen molar-refractivity contribution in [3.8, 4) is 11.1 Å². The lowest BCUT2D eigenvalue weighted by Crippen LogP contribution is -2.13. The van der Waals surface area contributed by atoms with E-state index < -0.39 is 11.7 Å². The molecule has 0 saturated carbocycles. The molecule has 0 aliphatic rings. The van der Waals surface area contributed by atoms with Gasteiger partial charge < -0.3 is 14.8 Å². The number of imidazole rings is 1. The topological polar surface area (TPSA) is 66.6 Å². The summed E-state index contributed by atoms with van der Waals surface area (Å²) < 4.78 is 15.6. The van der Waals surface area contributed by atoms with Crippen LogP contribution in [0.15, 0.2) is 67.0 Å². The van der Waals surface area contributed by atoms with Gasteiger partial charge in [0.1, 0.15) is 17.2 Å². The van der Waals surface area contributed by atoms with Crippen LogP contribution in [0.5, 0.6) is 0 Å². The van der Waals surface area contributed by atoms with Crippen LogP contribution in [-0.2, 0) is 6.61 Å². The summed E-state index contributed by atoms with van der Waals surface area (Å²) in [5.41, 5.74) is 3.39. The number of hydrogen-bond acceptors (Lipinski definition) is 3. The summed E-state index contributed by atoms with van der Waals surface area (Å²) in [6, 6.07) is 15.2. The normalized spacial score (nSPS) is 11.0. The van der Waals surface area contributed by atoms with Crippen molar-refractivity contribution in [2.45, 2.75) is 6.61 Å². The van der Waals surface area contributed by atoms with E-state index in [1.54, 1.807) is 16.7 Å². The van der Waals surface area contributed by atoms with Crippen molar-refractivity contribution in [1.82, 2.24) is 9.38 Å². The van der Waals surface area contributed by atoms with E-state index in [-0.39, 0.29) is 18.0 Å². The van der Waals surface area contributed by atoms with Crippen molar-refractivity contribution < 1.29 is 14.3 Å². The van der Waals surface area contributed by atoms with Crippen molar-refractivity contribution in [2.75, 3.05) is 5.32 Å². The third kappa shape index (κ3) is 3.60. The van der Waals surface area contributed by atoms with Crippen LogP contribution >= 0.6 is 11.6 Å². The molecule has 5 nitrogen and oxygen atoms in total. The van der Waals surface area contributed by atoms with Gasteiger partial charge in [-0.05, 0) is 53.1 Å². The van der Waals surface area contributed by atoms with Crippen molar-refractivity contribution in [1.29, 1.82) is 0 Å². The maximum absolute atomic E-state index is 13.8. The minimum atomic E-state index is -0.576. The Kier molecular flexibility index (Phi) is 4.81. The Morgan fingerprint density at radius 2 is 1.96 bits per heavy atom. The molecule has 2 aromatic carbocycles. The molecule has 0 saturated heterocycles. The van der Waals surface area contributed by atoms with Gasteiger partial charge >= 0.3 is 0 Å². The number of fused-ring (bicyclic) bond motifs is 1. The Balaban J connectivity index is 1.64. The third-order valence-corrected chi connectivity index (χ3v) is 4.54. The van der Waals surface area contributed by atoms with Crippen LogP contribution in [0.1, 0.15) is 16.1 Å². The zero-order valence-corrected chi connectivity index (χ0v) is 15.3. The SMILES string of the molecule is O=C(Nc1cc(Cl)ccc1F)c1cn2cc(-c3cccc(CO)c3)ccc2n1. The smallest absolute Gasteiger partial charge is 0.275 e. The van der Waals surface area contributed by atoms with Gasteiger partial charge in [0.25, 0.3) is 5.91 Å². The second-order valence-corrected chi connectivity index (χ2v) is 6.68. The monoisotopic (exact) mass is 395 g/mol. The van der Waals surface area contributed by atoms with E-state index in [4.69, 9.17) is 11.6 Å². The third-order valence-electron chi connectivity index (χ3n) is 4.30. The lowest BCUT2D eigenvalue weighted by atomic mass is 10.1. The fourth-order valence-electron chi connectivity index (χ4n) is 2.90. The number of hydrogen-bond donors (Lipinski definition) is 2. The summed E-state index contributed by atoms with van der Waals surface area (Å²) in [6.07, 6.45) is 3.42. The van der Waals surface area contributed by atoms with Gasteiger partial charge in [-0.2, -0.15) is 0 Å². The molecule has 4 aromatic rings. The number of pyridine rings is 1. The van der Waals surface area contributed by atoms with E-state index in [0.717, 1.165) is 16.7 Å². The Morgan fingerprint density at radius 3 is 2.79 bits per heavy atom. The first kappa shape index (κ1) is 18.2. The number of nitrogens with zero attached hydrogens (tertiary/aromatic N) is 2. The maximum Gasteiger partial charge on any atom is 0.275 e. The van der Waals surface area contributed by atoms with Crippen LogP contribution in [-0.4, -0.2) is 20.4 Å². The van der Waals surface area contributed by atoms with E-state index in [2.05, 4.69) is 10.3 Å². The predicted octanol–water partition coefficient (Wildman–Crippen LogP) is 4.54. The average Bonchev–Trinajstić information content (AvgIpc) is 3.14. The number of benzene rings is 2. The van der Waals surface area contributed by atoms with Gasteiger partial charge in [0.15, 0.2) is 0 Å². The van der Waals surface area contributed by atoms with Gasteiger partial charge in [-0.15, -0.1) is 0 Å². The summed E-state index contributed by atoms with van der Waals surface area (Å²) in [5.74, 6) is -1.11. The molecule has 0 atom stereocenters. The largest absolute Gasteiger partial charge is 0.392 e. The van der Waals surface area contributed by atoms with E-state index >= 15 is 0 Å². The van der Waals surface area contributed by atoms with Crippen LogP contribution in [0, 0.1) is 5.82 Å². The lowest BCUT2D eigenvalue weighted by Gasteiger charge is -2.05. The molecule has 0 bridgehead atoms. The molecular weight excluding hydrogens is 381 g/mol. The number of aliphatic hydroxyl groups excluding tert-OH is 1.